The number of carbonyl (C=O) groups is 1. The van der Waals surface area contributed by atoms with Gasteiger partial charge in [-0.1, -0.05) is 13.8 Å². The molecule has 1 amide bonds. The zero-order valence-corrected chi connectivity index (χ0v) is 16.6. The van der Waals surface area contributed by atoms with E-state index in [0.29, 0.717) is 57.5 Å². The lowest BCUT2D eigenvalue weighted by Gasteiger charge is -2.33. The van der Waals surface area contributed by atoms with E-state index in [1.165, 1.54) is 4.31 Å². The van der Waals surface area contributed by atoms with Crippen LogP contribution < -0.4 is 10.1 Å². The third-order valence-electron chi connectivity index (χ3n) is 4.18. The van der Waals surface area contributed by atoms with Gasteiger partial charge in [0.1, 0.15) is 5.75 Å². The van der Waals surface area contributed by atoms with Crippen LogP contribution in [-0.2, 0) is 14.8 Å². The molecule has 146 valence electrons. The van der Waals surface area contributed by atoms with E-state index in [1.54, 1.807) is 24.3 Å². The van der Waals surface area contributed by atoms with Crippen molar-refractivity contribution in [3.05, 3.63) is 24.3 Å². The van der Waals surface area contributed by atoms with Gasteiger partial charge in [-0.3, -0.25) is 9.69 Å². The number of piperazine rings is 1. The van der Waals surface area contributed by atoms with Gasteiger partial charge in [0, 0.05) is 32.7 Å². The largest absolute Gasteiger partial charge is 0.494 e. The molecule has 0 aliphatic carbocycles. The molecule has 8 heteroatoms. The molecule has 0 radical (unpaired) electrons. The highest BCUT2D eigenvalue weighted by Crippen LogP contribution is 2.20. The van der Waals surface area contributed by atoms with Crippen molar-refractivity contribution in [2.75, 3.05) is 45.9 Å². The summed E-state index contributed by atoms with van der Waals surface area (Å²) in [6.45, 7) is 9.34. The van der Waals surface area contributed by atoms with Crippen LogP contribution in [0.4, 0.5) is 0 Å². The van der Waals surface area contributed by atoms with E-state index in [4.69, 9.17) is 4.74 Å². The average Bonchev–Trinajstić information content (AvgIpc) is 2.61. The summed E-state index contributed by atoms with van der Waals surface area (Å²) in [5, 5.41) is 2.89. The molecule has 1 heterocycles. The van der Waals surface area contributed by atoms with Gasteiger partial charge in [-0.25, -0.2) is 8.42 Å². The number of ether oxygens (including phenoxy) is 1. The Bertz CT molecular complexity index is 681. The predicted octanol–water partition coefficient (Wildman–Crippen LogP) is 1.16. The van der Waals surface area contributed by atoms with Gasteiger partial charge in [-0.2, -0.15) is 4.31 Å². The number of benzene rings is 1. The maximum atomic E-state index is 12.8. The number of hydrogen-bond acceptors (Lipinski definition) is 5. The number of rotatable bonds is 8. The van der Waals surface area contributed by atoms with Crippen molar-refractivity contribution >= 4 is 15.9 Å². The zero-order valence-electron chi connectivity index (χ0n) is 15.8. The van der Waals surface area contributed by atoms with E-state index in [9.17, 15) is 13.2 Å². The average molecular weight is 384 g/mol. The van der Waals surface area contributed by atoms with E-state index in [2.05, 4.69) is 5.32 Å². The molecule has 0 unspecified atom stereocenters. The van der Waals surface area contributed by atoms with Gasteiger partial charge in [0.15, 0.2) is 0 Å². The Morgan fingerprint density at radius 1 is 1.15 bits per heavy atom. The standard InChI is InChI=1S/C18H29N3O4S/c1-4-25-16-5-7-17(8-6-16)26(23,24)21-11-9-20(10-12-21)14-18(22)19-13-15(2)3/h5-8,15H,4,9-14H2,1-3H3,(H,19,22). The fourth-order valence-electron chi connectivity index (χ4n) is 2.73. The van der Waals surface area contributed by atoms with E-state index in [-0.39, 0.29) is 10.8 Å². The van der Waals surface area contributed by atoms with E-state index in [0.717, 1.165) is 0 Å². The molecule has 0 bridgehead atoms. The predicted molar refractivity (Wildman–Crippen MR) is 101 cm³/mol. The first kappa shape index (κ1) is 20.7. The molecule has 0 saturated carbocycles. The topological polar surface area (TPSA) is 79.0 Å². The molecule has 1 aliphatic heterocycles. The van der Waals surface area contributed by atoms with Crippen molar-refractivity contribution in [3.8, 4) is 5.75 Å². The van der Waals surface area contributed by atoms with Gasteiger partial charge < -0.3 is 10.1 Å². The van der Waals surface area contributed by atoms with Crippen LogP contribution in [0.2, 0.25) is 0 Å². The van der Waals surface area contributed by atoms with E-state index < -0.39 is 10.0 Å². The molecule has 0 spiro atoms. The Hall–Kier alpha value is -1.64. The maximum Gasteiger partial charge on any atom is 0.243 e. The molecule has 0 atom stereocenters. The highest BCUT2D eigenvalue weighted by atomic mass is 32.2. The minimum atomic E-state index is -3.52. The van der Waals surface area contributed by atoms with Gasteiger partial charge in [0.2, 0.25) is 15.9 Å². The van der Waals surface area contributed by atoms with Crippen LogP contribution in [0, 0.1) is 5.92 Å². The molecule has 26 heavy (non-hydrogen) atoms. The third-order valence-corrected chi connectivity index (χ3v) is 6.09. The minimum Gasteiger partial charge on any atom is -0.494 e. The summed E-state index contributed by atoms with van der Waals surface area (Å²) < 4.78 is 32.3. The fraction of sp³-hybridized carbons (Fsp3) is 0.611. The van der Waals surface area contributed by atoms with Crippen LogP contribution in [-0.4, -0.2) is 69.4 Å². The van der Waals surface area contributed by atoms with Gasteiger partial charge in [0.25, 0.3) is 0 Å². The van der Waals surface area contributed by atoms with Crippen LogP contribution in [0.3, 0.4) is 0 Å². The molecule has 1 fully saturated rings. The first-order valence-corrected chi connectivity index (χ1v) is 10.5. The molecule has 1 aromatic carbocycles. The second-order valence-corrected chi connectivity index (χ2v) is 8.72. The highest BCUT2D eigenvalue weighted by molar-refractivity contribution is 7.89. The van der Waals surface area contributed by atoms with Crippen LogP contribution >= 0.6 is 0 Å². The lowest BCUT2D eigenvalue weighted by molar-refractivity contribution is -0.122. The summed E-state index contributed by atoms with van der Waals surface area (Å²) >= 11 is 0. The van der Waals surface area contributed by atoms with E-state index >= 15 is 0 Å². The quantitative estimate of drug-likeness (QED) is 0.729. The van der Waals surface area contributed by atoms with Crippen LogP contribution in [0.25, 0.3) is 0 Å². The first-order chi connectivity index (χ1) is 12.3. The minimum absolute atomic E-state index is 0.0125. The molecule has 2 rings (SSSR count). The number of carbonyl (C=O) groups excluding carboxylic acids is 1. The number of nitrogens with zero attached hydrogens (tertiary/aromatic N) is 2. The molecule has 1 aliphatic rings. The lowest BCUT2D eigenvalue weighted by atomic mass is 10.2. The summed E-state index contributed by atoms with van der Waals surface area (Å²) in [6, 6.07) is 6.50. The molecule has 7 nitrogen and oxygen atoms in total. The Kier molecular flexibility index (Phi) is 7.43. The summed E-state index contributed by atoms with van der Waals surface area (Å²) in [5.74, 6) is 1.06. The maximum absolute atomic E-state index is 12.8. The van der Waals surface area contributed by atoms with Gasteiger partial charge in [-0.15, -0.1) is 0 Å². The van der Waals surface area contributed by atoms with Crippen LogP contribution in [0.1, 0.15) is 20.8 Å². The summed E-state index contributed by atoms with van der Waals surface area (Å²) in [6.07, 6.45) is 0. The molecule has 1 saturated heterocycles. The van der Waals surface area contributed by atoms with Crippen molar-refractivity contribution in [3.63, 3.8) is 0 Å². The molecule has 1 aromatic rings. The summed E-state index contributed by atoms with van der Waals surface area (Å²) in [7, 11) is -3.52. The normalized spacial score (nSPS) is 16.6. The Morgan fingerprint density at radius 2 is 1.77 bits per heavy atom. The molecule has 1 N–H and O–H groups in total. The Morgan fingerprint density at radius 3 is 2.31 bits per heavy atom. The number of hydrogen-bond donors (Lipinski definition) is 1. The van der Waals surface area contributed by atoms with Gasteiger partial charge in [0.05, 0.1) is 18.0 Å². The van der Waals surface area contributed by atoms with Crippen molar-refractivity contribution < 1.29 is 17.9 Å². The van der Waals surface area contributed by atoms with Crippen molar-refractivity contribution in [1.82, 2.24) is 14.5 Å². The number of nitrogens with one attached hydrogen (secondary N) is 1. The number of sulfonamides is 1. The fourth-order valence-corrected chi connectivity index (χ4v) is 4.15. The monoisotopic (exact) mass is 383 g/mol. The van der Waals surface area contributed by atoms with Crippen molar-refractivity contribution in [2.45, 2.75) is 25.7 Å². The SMILES string of the molecule is CCOc1ccc(S(=O)(=O)N2CCN(CC(=O)NCC(C)C)CC2)cc1. The third kappa shape index (κ3) is 5.69. The highest BCUT2D eigenvalue weighted by Gasteiger charge is 2.29. The molecular formula is C18H29N3O4S. The number of amides is 1. The Balaban J connectivity index is 1.88. The molecule has 0 aromatic heterocycles. The molecular weight excluding hydrogens is 354 g/mol. The smallest absolute Gasteiger partial charge is 0.243 e. The van der Waals surface area contributed by atoms with Crippen LogP contribution in [0.15, 0.2) is 29.2 Å². The summed E-state index contributed by atoms with van der Waals surface area (Å²) in [5.41, 5.74) is 0. The van der Waals surface area contributed by atoms with E-state index in [1.807, 2.05) is 25.7 Å². The second kappa shape index (κ2) is 9.34. The Labute approximate surface area is 156 Å². The van der Waals surface area contributed by atoms with Crippen molar-refractivity contribution in [1.29, 1.82) is 0 Å². The van der Waals surface area contributed by atoms with Crippen LogP contribution in [0.5, 0.6) is 5.75 Å². The first-order valence-electron chi connectivity index (χ1n) is 9.05. The summed E-state index contributed by atoms with van der Waals surface area (Å²) in [4.78, 5) is 14.2. The zero-order chi connectivity index (χ0) is 19.2. The second-order valence-electron chi connectivity index (χ2n) is 6.78. The van der Waals surface area contributed by atoms with Gasteiger partial charge >= 0.3 is 0 Å². The van der Waals surface area contributed by atoms with Gasteiger partial charge in [-0.05, 0) is 37.1 Å². The van der Waals surface area contributed by atoms with Crippen molar-refractivity contribution in [2.24, 2.45) is 5.92 Å². The lowest BCUT2D eigenvalue weighted by Crippen LogP contribution is -2.51.